The summed E-state index contributed by atoms with van der Waals surface area (Å²) in [6.45, 7) is 0. The maximum Gasteiger partial charge on any atom is 0.242 e. The van der Waals surface area contributed by atoms with Gasteiger partial charge in [-0.3, -0.25) is 20.4 Å². The van der Waals surface area contributed by atoms with E-state index < -0.39 is 27.5 Å². The van der Waals surface area contributed by atoms with Gasteiger partial charge in [-0.2, -0.15) is 0 Å². The highest BCUT2D eigenvalue weighted by Crippen LogP contribution is 2.21. The van der Waals surface area contributed by atoms with Crippen LogP contribution in [0.25, 0.3) is 0 Å². The number of nitrogens with one attached hydrogen (secondary N) is 2. The van der Waals surface area contributed by atoms with Gasteiger partial charge in [-0.05, 0) is 24.5 Å². The van der Waals surface area contributed by atoms with Crippen molar-refractivity contribution in [3.05, 3.63) is 34.6 Å². The van der Waals surface area contributed by atoms with E-state index in [0.717, 1.165) is 0 Å². The summed E-state index contributed by atoms with van der Waals surface area (Å²) < 4.78 is 36.2. The molecule has 126 valence electrons. The van der Waals surface area contributed by atoms with Gasteiger partial charge in [-0.25, -0.2) is 12.8 Å². The summed E-state index contributed by atoms with van der Waals surface area (Å²) in [4.78, 5) is 23.4. The Morgan fingerprint density at radius 3 is 2.57 bits per heavy atom. The first-order valence-electron chi connectivity index (χ1n) is 6.98. The lowest BCUT2D eigenvalue weighted by Gasteiger charge is -2.10. The fourth-order valence-electron chi connectivity index (χ4n) is 2.39. The number of sulfone groups is 1. The van der Waals surface area contributed by atoms with Crippen molar-refractivity contribution < 1.29 is 22.4 Å². The maximum atomic E-state index is 13.5. The maximum absolute atomic E-state index is 13.5. The van der Waals surface area contributed by atoms with Crippen LogP contribution in [0.5, 0.6) is 0 Å². The molecule has 1 atom stereocenters. The van der Waals surface area contributed by atoms with Crippen LogP contribution >= 0.6 is 11.6 Å². The second-order valence-corrected chi connectivity index (χ2v) is 8.08. The van der Waals surface area contributed by atoms with Crippen molar-refractivity contribution in [3.8, 4) is 0 Å². The monoisotopic (exact) mass is 362 g/mol. The standard InChI is InChI=1S/C14H16ClFN2O4S/c15-11-2-1-3-12(16)10(11)7-14(20)18-17-13(19)6-9-4-5-23(21,22)8-9/h1-3,9H,4-8H2,(H,17,19)(H,18,20)/t9-/m1/s1. The van der Waals surface area contributed by atoms with Crippen LogP contribution < -0.4 is 10.9 Å². The molecule has 0 bridgehead atoms. The molecule has 0 aromatic heterocycles. The molecular weight excluding hydrogens is 347 g/mol. The molecule has 2 amide bonds. The van der Waals surface area contributed by atoms with E-state index in [1.807, 2.05) is 0 Å². The summed E-state index contributed by atoms with van der Waals surface area (Å²) in [7, 11) is -3.05. The molecule has 6 nitrogen and oxygen atoms in total. The molecule has 2 rings (SSSR count). The van der Waals surface area contributed by atoms with E-state index in [1.165, 1.54) is 18.2 Å². The van der Waals surface area contributed by atoms with Gasteiger partial charge in [-0.1, -0.05) is 17.7 Å². The minimum atomic E-state index is -3.05. The summed E-state index contributed by atoms with van der Waals surface area (Å²) in [6.07, 6.45) is 0.137. The number of hydrogen-bond donors (Lipinski definition) is 2. The molecule has 0 radical (unpaired) electrons. The second kappa shape index (κ2) is 7.27. The number of hydrazine groups is 1. The number of amides is 2. The van der Waals surface area contributed by atoms with E-state index >= 15 is 0 Å². The zero-order valence-electron chi connectivity index (χ0n) is 12.1. The molecule has 0 unspecified atom stereocenters. The van der Waals surface area contributed by atoms with Gasteiger partial charge < -0.3 is 0 Å². The zero-order valence-corrected chi connectivity index (χ0v) is 13.7. The van der Waals surface area contributed by atoms with Gasteiger partial charge >= 0.3 is 0 Å². The molecule has 0 spiro atoms. The van der Waals surface area contributed by atoms with Gasteiger partial charge in [0, 0.05) is 17.0 Å². The zero-order chi connectivity index (χ0) is 17.0. The minimum Gasteiger partial charge on any atom is -0.273 e. The summed E-state index contributed by atoms with van der Waals surface area (Å²) in [5, 5.41) is 0.127. The van der Waals surface area contributed by atoms with Crippen LogP contribution in [0.4, 0.5) is 4.39 Å². The number of halogens is 2. The van der Waals surface area contributed by atoms with Crippen LogP contribution in [0.15, 0.2) is 18.2 Å². The Bertz CT molecular complexity index is 703. The molecule has 1 aliphatic heterocycles. The Labute approximate surface area is 138 Å². The quantitative estimate of drug-likeness (QED) is 0.781. The van der Waals surface area contributed by atoms with Crippen LogP contribution in [-0.2, 0) is 25.8 Å². The highest BCUT2D eigenvalue weighted by Gasteiger charge is 2.29. The van der Waals surface area contributed by atoms with Crippen LogP contribution in [0, 0.1) is 11.7 Å². The van der Waals surface area contributed by atoms with E-state index in [2.05, 4.69) is 10.9 Å². The number of carbonyl (C=O) groups is 2. The summed E-state index contributed by atoms with van der Waals surface area (Å²) in [5.41, 5.74) is 4.41. The highest BCUT2D eigenvalue weighted by atomic mass is 35.5. The Morgan fingerprint density at radius 2 is 1.96 bits per heavy atom. The van der Waals surface area contributed by atoms with E-state index in [4.69, 9.17) is 11.6 Å². The highest BCUT2D eigenvalue weighted by molar-refractivity contribution is 7.91. The summed E-state index contributed by atoms with van der Waals surface area (Å²) in [5.74, 6) is -1.88. The number of hydrogen-bond acceptors (Lipinski definition) is 4. The largest absolute Gasteiger partial charge is 0.273 e. The lowest BCUT2D eigenvalue weighted by molar-refractivity contribution is -0.129. The third-order valence-corrected chi connectivity index (χ3v) is 5.73. The van der Waals surface area contributed by atoms with E-state index in [1.54, 1.807) is 0 Å². The molecule has 1 aromatic carbocycles. The fraction of sp³-hybridized carbons (Fsp3) is 0.429. The SMILES string of the molecule is O=C(Cc1c(F)cccc1Cl)NNC(=O)C[C@H]1CCS(=O)(=O)C1. The Morgan fingerprint density at radius 1 is 1.26 bits per heavy atom. The van der Waals surface area contributed by atoms with E-state index in [0.29, 0.717) is 6.42 Å². The molecule has 0 saturated carbocycles. The molecule has 1 aromatic rings. The average Bonchev–Trinajstić information content (AvgIpc) is 2.80. The number of rotatable bonds is 4. The smallest absolute Gasteiger partial charge is 0.242 e. The molecule has 1 saturated heterocycles. The summed E-state index contributed by atoms with van der Waals surface area (Å²) >= 11 is 5.81. The van der Waals surface area contributed by atoms with Gasteiger partial charge in [0.2, 0.25) is 11.8 Å². The Hall–Kier alpha value is -1.67. The molecule has 1 heterocycles. The molecule has 2 N–H and O–H groups in total. The molecule has 0 aliphatic carbocycles. The van der Waals surface area contributed by atoms with Crippen molar-refractivity contribution in [2.45, 2.75) is 19.3 Å². The predicted molar refractivity (Wildman–Crippen MR) is 82.8 cm³/mol. The number of benzene rings is 1. The van der Waals surface area contributed by atoms with E-state index in [-0.39, 0.29) is 40.9 Å². The van der Waals surface area contributed by atoms with Crippen molar-refractivity contribution >= 4 is 33.3 Å². The van der Waals surface area contributed by atoms with Gasteiger partial charge in [0.1, 0.15) is 5.82 Å². The van der Waals surface area contributed by atoms with Crippen molar-refractivity contribution in [1.82, 2.24) is 10.9 Å². The average molecular weight is 363 g/mol. The van der Waals surface area contributed by atoms with E-state index in [9.17, 15) is 22.4 Å². The minimum absolute atomic E-state index is 0.0139. The molecule has 9 heteroatoms. The van der Waals surface area contributed by atoms with Crippen LogP contribution in [0.1, 0.15) is 18.4 Å². The Balaban J connectivity index is 1.79. The predicted octanol–water partition coefficient (Wildman–Crippen LogP) is 0.994. The second-order valence-electron chi connectivity index (χ2n) is 5.45. The van der Waals surface area contributed by atoms with Crippen molar-refractivity contribution in [3.63, 3.8) is 0 Å². The van der Waals surface area contributed by atoms with Gasteiger partial charge in [0.25, 0.3) is 0 Å². The lowest BCUT2D eigenvalue weighted by Crippen LogP contribution is -2.43. The van der Waals surface area contributed by atoms with Gasteiger partial charge in [0.15, 0.2) is 9.84 Å². The third-order valence-electron chi connectivity index (χ3n) is 3.54. The molecule has 23 heavy (non-hydrogen) atoms. The molecule has 1 fully saturated rings. The van der Waals surface area contributed by atoms with Crippen molar-refractivity contribution in [2.24, 2.45) is 5.92 Å². The third kappa shape index (κ3) is 5.18. The first-order chi connectivity index (χ1) is 10.8. The summed E-state index contributed by atoms with van der Waals surface area (Å²) in [6, 6.07) is 4.08. The van der Waals surface area contributed by atoms with Crippen LogP contribution in [0.3, 0.4) is 0 Å². The van der Waals surface area contributed by atoms with Crippen molar-refractivity contribution in [2.75, 3.05) is 11.5 Å². The van der Waals surface area contributed by atoms with Crippen molar-refractivity contribution in [1.29, 1.82) is 0 Å². The normalized spacial score (nSPS) is 19.3. The Kier molecular flexibility index (Phi) is 5.59. The van der Waals surface area contributed by atoms with Gasteiger partial charge in [0.05, 0.1) is 17.9 Å². The first kappa shape index (κ1) is 17.7. The molecular formula is C14H16ClFN2O4S. The fourth-order valence-corrected chi connectivity index (χ4v) is 4.48. The topological polar surface area (TPSA) is 92.3 Å². The first-order valence-corrected chi connectivity index (χ1v) is 9.18. The lowest BCUT2D eigenvalue weighted by atomic mass is 10.1. The van der Waals surface area contributed by atoms with Crippen LogP contribution in [-0.4, -0.2) is 31.7 Å². The number of carbonyl (C=O) groups excluding carboxylic acids is 2. The van der Waals surface area contributed by atoms with Crippen LogP contribution in [0.2, 0.25) is 5.02 Å². The van der Waals surface area contributed by atoms with Gasteiger partial charge in [-0.15, -0.1) is 0 Å². The molecule has 1 aliphatic rings.